The van der Waals surface area contributed by atoms with Gasteiger partial charge in [-0.25, -0.2) is 5.01 Å². The van der Waals surface area contributed by atoms with Gasteiger partial charge in [0.2, 0.25) is 5.91 Å². The monoisotopic (exact) mass is 496 g/mol. The van der Waals surface area contributed by atoms with Crippen molar-refractivity contribution in [1.82, 2.24) is 5.01 Å². The van der Waals surface area contributed by atoms with Crippen LogP contribution in [0.25, 0.3) is 0 Å². The first-order valence-corrected chi connectivity index (χ1v) is 12.9. The molecule has 0 bridgehead atoms. The fraction of sp³-hybridized carbons (Fsp3) is 0.241. The summed E-state index contributed by atoms with van der Waals surface area (Å²) >= 11 is 1.32. The Hall–Kier alpha value is -3.71. The topological polar surface area (TPSA) is 74.1 Å². The van der Waals surface area contributed by atoms with Crippen molar-refractivity contribution in [3.05, 3.63) is 101 Å². The average Bonchev–Trinajstić information content (AvgIpc) is 3.46. The summed E-state index contributed by atoms with van der Waals surface area (Å²) in [6.45, 7) is 6.10. The number of rotatable bonds is 5. The summed E-state index contributed by atoms with van der Waals surface area (Å²) in [6.07, 6.45) is 0.764. The fourth-order valence-corrected chi connectivity index (χ4v) is 5.41. The van der Waals surface area contributed by atoms with E-state index in [2.05, 4.69) is 41.5 Å². The second-order valence-corrected chi connectivity index (χ2v) is 10.4. The zero-order valence-electron chi connectivity index (χ0n) is 20.6. The SMILES string of the molecule is Cc1ccc([C@@H]2CC(c3ccccc3)=NN2C2=NC(=O)[C@H](CC(=O)Nc3ccc(C)c(C)c3)S2)cc1. The van der Waals surface area contributed by atoms with Gasteiger partial charge in [-0.1, -0.05) is 78.0 Å². The van der Waals surface area contributed by atoms with Gasteiger partial charge in [0.25, 0.3) is 5.91 Å². The fourth-order valence-electron chi connectivity index (χ4n) is 4.34. The van der Waals surface area contributed by atoms with Crippen LogP contribution >= 0.6 is 11.8 Å². The van der Waals surface area contributed by atoms with Crippen molar-refractivity contribution >= 4 is 40.1 Å². The predicted octanol–water partition coefficient (Wildman–Crippen LogP) is 5.79. The Labute approximate surface area is 215 Å². The Kier molecular flexibility index (Phi) is 6.74. The smallest absolute Gasteiger partial charge is 0.262 e. The van der Waals surface area contributed by atoms with Crippen molar-refractivity contribution in [2.45, 2.75) is 44.9 Å². The molecule has 0 fully saturated rings. The number of amidine groups is 1. The molecule has 0 saturated carbocycles. The molecule has 6 nitrogen and oxygen atoms in total. The summed E-state index contributed by atoms with van der Waals surface area (Å²) < 4.78 is 0. The summed E-state index contributed by atoms with van der Waals surface area (Å²) in [5, 5.41) is 9.65. The molecule has 36 heavy (non-hydrogen) atoms. The van der Waals surface area contributed by atoms with E-state index in [1.165, 1.54) is 17.3 Å². The Morgan fingerprint density at radius 1 is 1.00 bits per heavy atom. The third kappa shape index (κ3) is 5.11. The standard InChI is InChI=1S/C29H28N4O2S/c1-18-9-12-22(13-10-18)25-16-24(21-7-5-4-6-8-21)32-33(25)29-31-28(35)26(36-29)17-27(34)30-23-14-11-19(2)20(3)15-23/h4-15,25-26H,16-17H2,1-3H3,(H,30,34)/t25-,26-/m0/s1. The molecular weight excluding hydrogens is 468 g/mol. The number of aliphatic imine (C=N–C) groups is 1. The van der Waals surface area contributed by atoms with Crippen LogP contribution in [0.4, 0.5) is 5.69 Å². The molecule has 182 valence electrons. The third-order valence-electron chi connectivity index (χ3n) is 6.57. The lowest BCUT2D eigenvalue weighted by Crippen LogP contribution is -2.25. The van der Waals surface area contributed by atoms with E-state index in [-0.39, 0.29) is 24.3 Å². The van der Waals surface area contributed by atoms with Crippen LogP contribution in [0.3, 0.4) is 0 Å². The minimum atomic E-state index is -0.568. The lowest BCUT2D eigenvalue weighted by molar-refractivity contribution is -0.121. The van der Waals surface area contributed by atoms with Gasteiger partial charge in [0.1, 0.15) is 5.25 Å². The van der Waals surface area contributed by atoms with Gasteiger partial charge in [-0.2, -0.15) is 10.1 Å². The highest BCUT2D eigenvalue weighted by Crippen LogP contribution is 2.38. The maximum absolute atomic E-state index is 12.8. The zero-order chi connectivity index (χ0) is 25.2. The molecule has 2 atom stereocenters. The predicted molar refractivity (Wildman–Crippen MR) is 146 cm³/mol. The van der Waals surface area contributed by atoms with Crippen LogP contribution in [0.15, 0.2) is 82.9 Å². The Morgan fingerprint density at radius 3 is 2.47 bits per heavy atom. The number of nitrogens with one attached hydrogen (secondary N) is 1. The van der Waals surface area contributed by atoms with Crippen molar-refractivity contribution in [1.29, 1.82) is 0 Å². The summed E-state index contributed by atoms with van der Waals surface area (Å²) in [7, 11) is 0. The third-order valence-corrected chi connectivity index (χ3v) is 7.71. The molecule has 0 spiro atoms. The van der Waals surface area contributed by atoms with Crippen molar-refractivity contribution in [2.24, 2.45) is 10.1 Å². The van der Waals surface area contributed by atoms with Gasteiger partial charge >= 0.3 is 0 Å². The molecule has 0 aliphatic carbocycles. The molecule has 3 aromatic rings. The quantitative estimate of drug-likeness (QED) is 0.485. The van der Waals surface area contributed by atoms with E-state index in [4.69, 9.17) is 5.10 Å². The molecule has 2 aliphatic heterocycles. The molecule has 2 heterocycles. The van der Waals surface area contributed by atoms with Crippen LogP contribution in [-0.4, -0.2) is 33.0 Å². The van der Waals surface area contributed by atoms with Crippen molar-refractivity contribution in [2.75, 3.05) is 5.32 Å². The largest absolute Gasteiger partial charge is 0.326 e. The molecule has 1 N–H and O–H groups in total. The van der Waals surface area contributed by atoms with E-state index in [0.717, 1.165) is 33.7 Å². The Bertz CT molecular complexity index is 1370. The molecule has 5 rings (SSSR count). The average molecular weight is 497 g/mol. The molecule has 7 heteroatoms. The maximum atomic E-state index is 12.8. The van der Waals surface area contributed by atoms with Crippen LogP contribution in [0.5, 0.6) is 0 Å². The normalized spacial score (nSPS) is 19.3. The van der Waals surface area contributed by atoms with Crippen LogP contribution in [0, 0.1) is 20.8 Å². The molecule has 0 aromatic heterocycles. The number of thioether (sulfide) groups is 1. The molecule has 2 amide bonds. The lowest BCUT2D eigenvalue weighted by Gasteiger charge is -2.23. The first kappa shape index (κ1) is 24.0. The van der Waals surface area contributed by atoms with E-state index < -0.39 is 5.25 Å². The maximum Gasteiger partial charge on any atom is 0.262 e. The first-order chi connectivity index (χ1) is 17.4. The Balaban J connectivity index is 1.33. The van der Waals surface area contributed by atoms with Gasteiger partial charge in [-0.15, -0.1) is 0 Å². The number of amides is 2. The summed E-state index contributed by atoms with van der Waals surface area (Å²) in [5.41, 5.74) is 7.30. The highest BCUT2D eigenvalue weighted by Gasteiger charge is 2.39. The molecule has 0 saturated heterocycles. The molecular formula is C29H28N4O2S. The minimum Gasteiger partial charge on any atom is -0.326 e. The van der Waals surface area contributed by atoms with Crippen molar-refractivity contribution < 1.29 is 9.59 Å². The number of benzene rings is 3. The zero-order valence-corrected chi connectivity index (χ0v) is 21.4. The number of anilines is 1. The molecule has 2 aliphatic rings. The van der Waals surface area contributed by atoms with Gasteiger partial charge in [0.05, 0.1) is 11.8 Å². The number of nitrogens with zero attached hydrogens (tertiary/aromatic N) is 3. The van der Waals surface area contributed by atoms with E-state index >= 15 is 0 Å². The summed E-state index contributed by atoms with van der Waals surface area (Å²) in [5.74, 6) is -0.498. The van der Waals surface area contributed by atoms with Gasteiger partial charge in [-0.05, 0) is 55.2 Å². The van der Waals surface area contributed by atoms with E-state index in [1.54, 1.807) is 0 Å². The van der Waals surface area contributed by atoms with E-state index in [1.807, 2.05) is 67.4 Å². The molecule has 0 radical (unpaired) electrons. The second-order valence-electron chi connectivity index (χ2n) is 9.28. The van der Waals surface area contributed by atoms with Crippen LogP contribution in [0.2, 0.25) is 0 Å². The lowest BCUT2D eigenvalue weighted by atomic mass is 9.98. The number of carbonyl (C=O) groups excluding carboxylic acids is 2. The molecule has 3 aromatic carbocycles. The molecule has 0 unspecified atom stereocenters. The van der Waals surface area contributed by atoms with Gasteiger partial charge in [-0.3, -0.25) is 9.59 Å². The minimum absolute atomic E-state index is 0.0573. The number of hydrogen-bond acceptors (Lipinski definition) is 5. The van der Waals surface area contributed by atoms with Crippen LogP contribution in [0.1, 0.15) is 46.7 Å². The highest BCUT2D eigenvalue weighted by molar-refractivity contribution is 8.15. The van der Waals surface area contributed by atoms with Crippen LogP contribution in [-0.2, 0) is 9.59 Å². The number of hydrogen-bond donors (Lipinski definition) is 1. The highest BCUT2D eigenvalue weighted by atomic mass is 32.2. The summed E-state index contributed by atoms with van der Waals surface area (Å²) in [4.78, 5) is 29.9. The van der Waals surface area contributed by atoms with E-state index in [0.29, 0.717) is 11.6 Å². The second kappa shape index (κ2) is 10.1. The first-order valence-electron chi connectivity index (χ1n) is 12.0. The van der Waals surface area contributed by atoms with Crippen molar-refractivity contribution in [3.8, 4) is 0 Å². The van der Waals surface area contributed by atoms with Gasteiger partial charge in [0, 0.05) is 18.5 Å². The van der Waals surface area contributed by atoms with Crippen LogP contribution < -0.4 is 5.32 Å². The van der Waals surface area contributed by atoms with Gasteiger partial charge in [0.15, 0.2) is 5.17 Å². The number of hydrazone groups is 1. The number of aryl methyl sites for hydroxylation is 3. The van der Waals surface area contributed by atoms with Gasteiger partial charge < -0.3 is 5.32 Å². The Morgan fingerprint density at radius 2 is 1.75 bits per heavy atom. The van der Waals surface area contributed by atoms with Crippen molar-refractivity contribution in [3.63, 3.8) is 0 Å². The summed E-state index contributed by atoms with van der Waals surface area (Å²) in [6, 6.07) is 24.2. The number of carbonyl (C=O) groups is 2. The van der Waals surface area contributed by atoms with E-state index in [9.17, 15) is 9.59 Å².